The van der Waals surface area contributed by atoms with Crippen molar-refractivity contribution in [2.24, 2.45) is 0 Å². The van der Waals surface area contributed by atoms with Crippen molar-refractivity contribution >= 4 is 28.7 Å². The molecule has 0 atom stereocenters. The molecule has 2 N–H and O–H groups in total. The van der Waals surface area contributed by atoms with E-state index >= 15 is 0 Å². The van der Waals surface area contributed by atoms with Crippen LogP contribution in [-0.4, -0.2) is 73.0 Å². The monoisotopic (exact) mass is 510 g/mol. The van der Waals surface area contributed by atoms with Gasteiger partial charge in [0.05, 0.1) is 16.7 Å². The van der Waals surface area contributed by atoms with Gasteiger partial charge in [-0.15, -0.1) is 0 Å². The predicted octanol–water partition coefficient (Wildman–Crippen LogP) is 4.06. The number of amides is 1. The van der Waals surface area contributed by atoms with Crippen LogP contribution in [0.4, 0.5) is 24.9 Å². The number of pyridine rings is 1. The number of hydrogen-bond donors (Lipinski definition) is 2. The summed E-state index contributed by atoms with van der Waals surface area (Å²) in [5.41, 5.74) is 4.42. The van der Waals surface area contributed by atoms with Crippen LogP contribution < -0.4 is 5.32 Å². The Kier molecular flexibility index (Phi) is 6.74. The number of alkyl halides is 3. The molecule has 5 rings (SSSR count). The normalized spacial score (nSPS) is 14.8. The van der Waals surface area contributed by atoms with Crippen LogP contribution in [0.15, 0.2) is 48.8 Å². The number of piperazine rings is 1. The zero-order valence-electron chi connectivity index (χ0n) is 20.1. The van der Waals surface area contributed by atoms with Crippen LogP contribution in [0.2, 0.25) is 0 Å². The maximum Gasteiger partial charge on any atom is 0.397 e. The molecular weight excluding hydrogens is 485 g/mol. The van der Waals surface area contributed by atoms with E-state index in [1.807, 2.05) is 43.3 Å². The summed E-state index contributed by atoms with van der Waals surface area (Å²) < 4.78 is 37.5. The van der Waals surface area contributed by atoms with Crippen LogP contribution in [0, 0.1) is 6.92 Å². The zero-order chi connectivity index (χ0) is 26.0. The summed E-state index contributed by atoms with van der Waals surface area (Å²) in [7, 11) is 0. The second kappa shape index (κ2) is 10.1. The van der Waals surface area contributed by atoms with Crippen LogP contribution in [0.3, 0.4) is 0 Å². The maximum absolute atomic E-state index is 12.5. The molecule has 9 nitrogen and oxygen atoms in total. The van der Waals surface area contributed by atoms with Crippen LogP contribution in [-0.2, 0) is 11.3 Å². The number of carbonyl (C=O) groups excluding carboxylic acids is 1. The largest absolute Gasteiger partial charge is 0.397 e. The molecular formula is C25H25F3N8O. The number of benzene rings is 1. The van der Waals surface area contributed by atoms with Crippen molar-refractivity contribution in [3.8, 4) is 11.3 Å². The lowest BCUT2D eigenvalue weighted by Gasteiger charge is -2.35. The fraction of sp³-hybridized carbons (Fsp3) is 0.320. The number of imidazole rings is 1. The quantitative estimate of drug-likeness (QED) is 0.403. The van der Waals surface area contributed by atoms with E-state index in [9.17, 15) is 18.0 Å². The van der Waals surface area contributed by atoms with Crippen molar-refractivity contribution in [1.29, 1.82) is 0 Å². The van der Waals surface area contributed by atoms with Crippen LogP contribution in [0.25, 0.3) is 22.3 Å². The van der Waals surface area contributed by atoms with Crippen molar-refractivity contribution in [2.75, 3.05) is 31.5 Å². The van der Waals surface area contributed by atoms with Gasteiger partial charge in [-0.2, -0.15) is 13.2 Å². The van der Waals surface area contributed by atoms with E-state index in [-0.39, 0.29) is 13.1 Å². The van der Waals surface area contributed by atoms with Gasteiger partial charge in [-0.05, 0) is 42.8 Å². The Bertz CT molecular complexity index is 1410. The van der Waals surface area contributed by atoms with Crippen LogP contribution in [0.1, 0.15) is 17.8 Å². The summed E-state index contributed by atoms with van der Waals surface area (Å²) in [5.74, 6) is 0.995. The molecule has 37 heavy (non-hydrogen) atoms. The van der Waals surface area contributed by atoms with Crippen molar-refractivity contribution in [2.45, 2.75) is 26.1 Å². The highest BCUT2D eigenvalue weighted by atomic mass is 19.4. The predicted molar refractivity (Wildman–Crippen MR) is 132 cm³/mol. The Balaban J connectivity index is 1.21. The second-order valence-electron chi connectivity index (χ2n) is 8.93. The summed E-state index contributed by atoms with van der Waals surface area (Å²) in [4.78, 5) is 36.0. The summed E-state index contributed by atoms with van der Waals surface area (Å²) in [6, 6.07) is 11.5. The van der Waals surface area contributed by atoms with E-state index in [1.165, 1.54) is 4.90 Å². The molecule has 4 heterocycles. The minimum Gasteiger partial charge on any atom is -0.340 e. The van der Waals surface area contributed by atoms with E-state index in [4.69, 9.17) is 0 Å². The van der Waals surface area contributed by atoms with Gasteiger partial charge in [-0.1, -0.05) is 6.07 Å². The SMILES string of the molecule is Cc1nccc(-c2ccc3nc(Nc4cc(CN5CCN(C(=O)CC(F)(F)F)CC5)ccn4)[nH]c3c2)n1. The number of nitrogens with zero attached hydrogens (tertiary/aromatic N) is 6. The Hall–Kier alpha value is -4.06. The first kappa shape index (κ1) is 24.6. The molecule has 192 valence electrons. The lowest BCUT2D eigenvalue weighted by Crippen LogP contribution is -2.49. The first-order valence-electron chi connectivity index (χ1n) is 11.8. The number of hydrogen-bond acceptors (Lipinski definition) is 7. The molecule has 1 saturated heterocycles. The van der Waals surface area contributed by atoms with E-state index < -0.39 is 18.5 Å². The van der Waals surface area contributed by atoms with Gasteiger partial charge >= 0.3 is 6.18 Å². The summed E-state index contributed by atoms with van der Waals surface area (Å²) in [5, 5.41) is 3.20. The molecule has 1 aliphatic rings. The molecule has 1 amide bonds. The molecule has 1 aliphatic heterocycles. The van der Waals surface area contributed by atoms with E-state index in [2.05, 4.69) is 35.1 Å². The third kappa shape index (κ3) is 6.20. The average molecular weight is 511 g/mol. The molecule has 0 saturated carbocycles. The lowest BCUT2D eigenvalue weighted by molar-refractivity contribution is -0.162. The van der Waals surface area contributed by atoms with Gasteiger partial charge < -0.3 is 15.2 Å². The fourth-order valence-corrected chi connectivity index (χ4v) is 4.30. The Labute approximate surface area is 210 Å². The first-order chi connectivity index (χ1) is 17.7. The standard InChI is InChI=1S/C25H25F3N8O/c1-16-29-7-5-19(31-16)18-2-3-20-21(13-18)33-24(32-20)34-22-12-17(4-6-30-22)15-35-8-10-36(11-9-35)23(37)14-25(26,27)28/h2-7,12-13H,8-11,14-15H2,1H3,(H2,30,32,33,34). The van der Waals surface area contributed by atoms with Crippen LogP contribution in [0.5, 0.6) is 0 Å². The maximum atomic E-state index is 12.5. The number of halogens is 3. The summed E-state index contributed by atoms with van der Waals surface area (Å²) in [6.45, 7) is 4.02. The number of aromatic nitrogens is 5. The Morgan fingerprint density at radius 1 is 1.03 bits per heavy atom. The summed E-state index contributed by atoms with van der Waals surface area (Å²) >= 11 is 0. The molecule has 0 aliphatic carbocycles. The molecule has 0 unspecified atom stereocenters. The number of fused-ring (bicyclic) bond motifs is 1. The molecule has 12 heteroatoms. The summed E-state index contributed by atoms with van der Waals surface area (Å²) in [6.07, 6.45) is -2.46. The van der Waals surface area contributed by atoms with Crippen molar-refractivity contribution in [3.63, 3.8) is 0 Å². The van der Waals surface area contributed by atoms with Gasteiger partial charge in [0.2, 0.25) is 11.9 Å². The van der Waals surface area contributed by atoms with Crippen LogP contribution >= 0.6 is 0 Å². The highest BCUT2D eigenvalue weighted by Crippen LogP contribution is 2.25. The van der Waals surface area contributed by atoms with Crippen molar-refractivity contribution < 1.29 is 18.0 Å². The zero-order valence-corrected chi connectivity index (χ0v) is 20.1. The van der Waals surface area contributed by atoms with Gasteiger partial charge in [0.1, 0.15) is 18.1 Å². The number of anilines is 2. The third-order valence-corrected chi connectivity index (χ3v) is 6.11. The van der Waals surface area contributed by atoms with E-state index in [0.29, 0.717) is 37.2 Å². The number of aromatic amines is 1. The number of H-pyrrole nitrogens is 1. The lowest BCUT2D eigenvalue weighted by atomic mass is 10.1. The second-order valence-corrected chi connectivity index (χ2v) is 8.93. The van der Waals surface area contributed by atoms with Gasteiger partial charge in [0.25, 0.3) is 0 Å². The highest BCUT2D eigenvalue weighted by Gasteiger charge is 2.34. The molecule has 3 aromatic heterocycles. The van der Waals surface area contributed by atoms with Crippen molar-refractivity contribution in [3.05, 3.63) is 60.2 Å². The highest BCUT2D eigenvalue weighted by molar-refractivity contribution is 5.83. The number of nitrogens with one attached hydrogen (secondary N) is 2. The van der Waals surface area contributed by atoms with E-state index in [0.717, 1.165) is 27.9 Å². The fourth-order valence-electron chi connectivity index (χ4n) is 4.30. The molecule has 1 fully saturated rings. The topological polar surface area (TPSA) is 103 Å². The number of carbonyl (C=O) groups is 1. The molecule has 0 radical (unpaired) electrons. The first-order valence-corrected chi connectivity index (χ1v) is 11.8. The van der Waals surface area contributed by atoms with Gasteiger partial charge in [0.15, 0.2) is 0 Å². The van der Waals surface area contributed by atoms with E-state index in [1.54, 1.807) is 12.4 Å². The van der Waals surface area contributed by atoms with Crippen molar-refractivity contribution in [1.82, 2.24) is 34.7 Å². The average Bonchev–Trinajstić information content (AvgIpc) is 3.25. The molecule has 0 spiro atoms. The third-order valence-electron chi connectivity index (χ3n) is 6.11. The van der Waals surface area contributed by atoms with Gasteiger partial charge in [-0.25, -0.2) is 19.9 Å². The van der Waals surface area contributed by atoms with Gasteiger partial charge in [-0.3, -0.25) is 9.69 Å². The minimum absolute atomic E-state index is 0.278. The number of aryl methyl sites for hydroxylation is 1. The Morgan fingerprint density at radius 3 is 2.57 bits per heavy atom. The smallest absolute Gasteiger partial charge is 0.340 e. The molecule has 1 aromatic carbocycles. The Morgan fingerprint density at radius 2 is 1.81 bits per heavy atom. The molecule has 4 aromatic rings. The number of rotatable bonds is 6. The van der Waals surface area contributed by atoms with Gasteiger partial charge in [0, 0.05) is 50.7 Å². The minimum atomic E-state index is -4.48. The molecule has 0 bridgehead atoms.